The number of piperazine rings is 1. The predicted octanol–water partition coefficient (Wildman–Crippen LogP) is 0.951. The van der Waals surface area contributed by atoms with Gasteiger partial charge in [0.15, 0.2) is 5.96 Å². The summed E-state index contributed by atoms with van der Waals surface area (Å²) in [6.07, 6.45) is 3.78. The van der Waals surface area contributed by atoms with Crippen molar-refractivity contribution in [2.45, 2.75) is 6.42 Å². The molecule has 0 atom stereocenters. The van der Waals surface area contributed by atoms with E-state index in [0.29, 0.717) is 32.0 Å². The minimum atomic E-state index is 0.0784. The number of nitrogens with two attached hydrogens (primary N) is 1. The van der Waals surface area contributed by atoms with Crippen LogP contribution in [0, 0.1) is 0 Å². The number of rotatable bonds is 6. The van der Waals surface area contributed by atoms with Gasteiger partial charge in [-0.1, -0.05) is 0 Å². The second kappa shape index (κ2) is 9.54. The molecule has 148 valence electrons. The normalized spacial score (nSPS) is 14.7. The first kappa shape index (κ1) is 19.4. The minimum Gasteiger partial charge on any atom is -0.497 e. The SMILES string of the molecule is COc1ccc(NC(N)=NCCC(=O)N2CCN(c3ncccn3)CC2)cc1. The van der Waals surface area contributed by atoms with E-state index in [-0.39, 0.29) is 11.9 Å². The first-order valence-corrected chi connectivity index (χ1v) is 9.16. The molecule has 9 nitrogen and oxygen atoms in total. The number of nitrogens with zero attached hydrogens (tertiary/aromatic N) is 5. The highest BCUT2D eigenvalue weighted by molar-refractivity contribution is 5.92. The smallest absolute Gasteiger partial charge is 0.225 e. The first-order valence-electron chi connectivity index (χ1n) is 9.16. The molecule has 1 amide bonds. The number of aromatic nitrogens is 2. The van der Waals surface area contributed by atoms with Crippen LogP contribution >= 0.6 is 0 Å². The Morgan fingerprint density at radius 1 is 1.18 bits per heavy atom. The molecule has 3 rings (SSSR count). The van der Waals surface area contributed by atoms with Crippen molar-refractivity contribution in [1.82, 2.24) is 14.9 Å². The van der Waals surface area contributed by atoms with Gasteiger partial charge in [0.1, 0.15) is 5.75 Å². The quantitative estimate of drug-likeness (QED) is 0.565. The number of nitrogens with one attached hydrogen (secondary N) is 1. The number of guanidine groups is 1. The summed E-state index contributed by atoms with van der Waals surface area (Å²) in [5, 5.41) is 3.00. The Bertz CT molecular complexity index is 788. The number of carbonyl (C=O) groups is 1. The Balaban J connectivity index is 1.40. The van der Waals surface area contributed by atoms with Crippen LogP contribution in [0.25, 0.3) is 0 Å². The fraction of sp³-hybridized carbons (Fsp3) is 0.368. The summed E-state index contributed by atoms with van der Waals surface area (Å²) >= 11 is 0. The summed E-state index contributed by atoms with van der Waals surface area (Å²) in [4.78, 5) is 29.1. The van der Waals surface area contributed by atoms with Crippen LogP contribution < -0.4 is 20.7 Å². The van der Waals surface area contributed by atoms with E-state index in [1.165, 1.54) is 0 Å². The Morgan fingerprint density at radius 2 is 1.86 bits per heavy atom. The van der Waals surface area contributed by atoms with Gasteiger partial charge in [0, 0.05) is 50.7 Å². The maximum atomic E-state index is 12.4. The Morgan fingerprint density at radius 3 is 2.50 bits per heavy atom. The zero-order valence-electron chi connectivity index (χ0n) is 15.9. The highest BCUT2D eigenvalue weighted by atomic mass is 16.5. The van der Waals surface area contributed by atoms with Crippen LogP contribution in [0.5, 0.6) is 5.75 Å². The van der Waals surface area contributed by atoms with E-state index in [1.807, 2.05) is 29.2 Å². The third kappa shape index (κ3) is 5.32. The lowest BCUT2D eigenvalue weighted by Crippen LogP contribution is -2.49. The Hall–Kier alpha value is -3.36. The third-order valence-corrected chi connectivity index (χ3v) is 4.44. The number of anilines is 2. The van der Waals surface area contributed by atoms with Gasteiger partial charge in [0.2, 0.25) is 11.9 Å². The van der Waals surface area contributed by atoms with Crippen LogP contribution in [-0.2, 0) is 4.79 Å². The number of ether oxygens (including phenoxy) is 1. The molecule has 0 saturated carbocycles. The van der Waals surface area contributed by atoms with Crippen molar-refractivity contribution in [3.63, 3.8) is 0 Å². The van der Waals surface area contributed by atoms with Gasteiger partial charge in [-0.2, -0.15) is 0 Å². The fourth-order valence-electron chi connectivity index (χ4n) is 2.90. The van der Waals surface area contributed by atoms with Crippen LogP contribution in [0.4, 0.5) is 11.6 Å². The maximum Gasteiger partial charge on any atom is 0.225 e. The lowest BCUT2D eigenvalue weighted by atomic mass is 10.3. The van der Waals surface area contributed by atoms with Gasteiger partial charge in [-0.05, 0) is 30.3 Å². The summed E-state index contributed by atoms with van der Waals surface area (Å²) in [7, 11) is 1.62. The average Bonchev–Trinajstić information content (AvgIpc) is 2.75. The van der Waals surface area contributed by atoms with Gasteiger partial charge in [-0.3, -0.25) is 9.79 Å². The molecule has 0 spiro atoms. The van der Waals surface area contributed by atoms with Crippen molar-refractivity contribution in [2.75, 3.05) is 50.1 Å². The van der Waals surface area contributed by atoms with E-state index in [0.717, 1.165) is 24.5 Å². The van der Waals surface area contributed by atoms with Crippen molar-refractivity contribution < 1.29 is 9.53 Å². The monoisotopic (exact) mass is 383 g/mol. The molecule has 9 heteroatoms. The van der Waals surface area contributed by atoms with Gasteiger partial charge in [0.05, 0.1) is 13.7 Å². The summed E-state index contributed by atoms with van der Waals surface area (Å²) in [5.41, 5.74) is 6.70. The number of carbonyl (C=O) groups excluding carboxylic acids is 1. The lowest BCUT2D eigenvalue weighted by molar-refractivity contribution is -0.131. The van der Waals surface area contributed by atoms with Crippen molar-refractivity contribution in [2.24, 2.45) is 10.7 Å². The predicted molar refractivity (Wildman–Crippen MR) is 109 cm³/mol. The molecule has 0 bridgehead atoms. The first-order chi connectivity index (χ1) is 13.7. The second-order valence-corrected chi connectivity index (χ2v) is 6.29. The molecular weight excluding hydrogens is 358 g/mol. The number of amides is 1. The molecule has 0 radical (unpaired) electrons. The molecule has 0 unspecified atom stereocenters. The molecule has 2 heterocycles. The van der Waals surface area contributed by atoms with E-state index in [1.54, 1.807) is 25.6 Å². The van der Waals surface area contributed by atoms with Crippen molar-refractivity contribution in [3.05, 3.63) is 42.7 Å². The molecule has 1 aliphatic rings. The number of hydrogen-bond donors (Lipinski definition) is 2. The molecule has 0 aliphatic carbocycles. The molecular formula is C19H25N7O2. The van der Waals surface area contributed by atoms with Gasteiger partial charge in [-0.25, -0.2) is 9.97 Å². The summed E-state index contributed by atoms with van der Waals surface area (Å²) in [6, 6.07) is 9.15. The summed E-state index contributed by atoms with van der Waals surface area (Å²) in [5.74, 6) is 1.83. The van der Waals surface area contributed by atoms with Crippen molar-refractivity contribution >= 4 is 23.5 Å². The fourth-order valence-corrected chi connectivity index (χ4v) is 2.90. The number of benzene rings is 1. The molecule has 1 aromatic heterocycles. The molecule has 1 aliphatic heterocycles. The summed E-state index contributed by atoms with van der Waals surface area (Å²) < 4.78 is 5.11. The molecule has 1 fully saturated rings. The third-order valence-electron chi connectivity index (χ3n) is 4.44. The van der Waals surface area contributed by atoms with Gasteiger partial charge < -0.3 is 25.6 Å². The molecule has 28 heavy (non-hydrogen) atoms. The van der Waals surface area contributed by atoms with Gasteiger partial charge in [0.25, 0.3) is 0 Å². The van der Waals surface area contributed by atoms with Crippen LogP contribution in [0.1, 0.15) is 6.42 Å². The van der Waals surface area contributed by atoms with Gasteiger partial charge in [-0.15, -0.1) is 0 Å². The van der Waals surface area contributed by atoms with E-state index in [4.69, 9.17) is 10.5 Å². The van der Waals surface area contributed by atoms with E-state index < -0.39 is 0 Å². The van der Waals surface area contributed by atoms with Crippen LogP contribution in [0.2, 0.25) is 0 Å². The number of hydrogen-bond acceptors (Lipinski definition) is 6. The Labute approximate surface area is 164 Å². The highest BCUT2D eigenvalue weighted by Crippen LogP contribution is 2.14. The van der Waals surface area contributed by atoms with Crippen LogP contribution in [-0.4, -0.2) is 66.6 Å². The summed E-state index contributed by atoms with van der Waals surface area (Å²) in [6.45, 7) is 3.09. The maximum absolute atomic E-state index is 12.4. The standard InChI is InChI=1S/C19H25N7O2/c1-28-16-5-3-15(4-6-16)24-18(20)21-10-7-17(27)25-11-13-26(14-12-25)19-22-8-2-9-23-19/h2-6,8-9H,7,10-14H2,1H3,(H3,20,21,24). The molecule has 2 aromatic rings. The van der Waals surface area contributed by atoms with Gasteiger partial charge >= 0.3 is 0 Å². The Kier molecular flexibility index (Phi) is 6.61. The minimum absolute atomic E-state index is 0.0784. The van der Waals surface area contributed by atoms with E-state index in [9.17, 15) is 4.79 Å². The van der Waals surface area contributed by atoms with E-state index in [2.05, 4.69) is 25.2 Å². The zero-order chi connectivity index (χ0) is 19.8. The average molecular weight is 383 g/mol. The van der Waals surface area contributed by atoms with Crippen molar-refractivity contribution in [1.29, 1.82) is 0 Å². The lowest BCUT2D eigenvalue weighted by Gasteiger charge is -2.34. The second-order valence-electron chi connectivity index (χ2n) is 6.29. The number of aliphatic imine (C=N–C) groups is 1. The van der Waals surface area contributed by atoms with Crippen LogP contribution in [0.15, 0.2) is 47.7 Å². The highest BCUT2D eigenvalue weighted by Gasteiger charge is 2.21. The molecule has 1 aromatic carbocycles. The topological polar surface area (TPSA) is 109 Å². The molecule has 3 N–H and O–H groups in total. The van der Waals surface area contributed by atoms with E-state index >= 15 is 0 Å². The largest absolute Gasteiger partial charge is 0.497 e. The molecule has 1 saturated heterocycles. The zero-order valence-corrected chi connectivity index (χ0v) is 15.9. The van der Waals surface area contributed by atoms with Crippen LogP contribution in [0.3, 0.4) is 0 Å². The number of methoxy groups -OCH3 is 1. The van der Waals surface area contributed by atoms with Crippen molar-refractivity contribution in [3.8, 4) is 5.75 Å².